The van der Waals surface area contributed by atoms with Crippen LogP contribution in [0.3, 0.4) is 0 Å². The van der Waals surface area contributed by atoms with Crippen LogP contribution in [0.2, 0.25) is 0 Å². The SMILES string of the molecule is CN(C)C(=S)Sc1cc(Cc2ccc(NC(N)=O)c(SC(=S)N(C)C)c2)ccc1NC(N)=O. The Bertz CT molecular complexity index is 991. The molecule has 0 aromatic heterocycles. The Balaban J connectivity index is 2.37. The molecule has 0 spiro atoms. The van der Waals surface area contributed by atoms with Crippen molar-refractivity contribution in [2.24, 2.45) is 11.5 Å². The van der Waals surface area contributed by atoms with Crippen molar-refractivity contribution in [1.29, 1.82) is 0 Å². The van der Waals surface area contributed by atoms with Crippen LogP contribution in [0.1, 0.15) is 11.1 Å². The van der Waals surface area contributed by atoms with Crippen LogP contribution in [-0.4, -0.2) is 58.7 Å². The minimum absolute atomic E-state index is 0.592. The molecule has 0 saturated heterocycles. The summed E-state index contributed by atoms with van der Waals surface area (Å²) in [6.07, 6.45) is 0.609. The van der Waals surface area contributed by atoms with E-state index < -0.39 is 12.1 Å². The topological polar surface area (TPSA) is 117 Å². The van der Waals surface area contributed by atoms with Gasteiger partial charge in [0.2, 0.25) is 0 Å². The Morgan fingerprint density at radius 1 is 0.788 bits per heavy atom. The van der Waals surface area contributed by atoms with E-state index in [0.29, 0.717) is 26.4 Å². The molecule has 0 aliphatic heterocycles. The van der Waals surface area contributed by atoms with Gasteiger partial charge in [0.25, 0.3) is 0 Å². The molecule has 6 N–H and O–H groups in total. The van der Waals surface area contributed by atoms with Crippen molar-refractivity contribution in [3.05, 3.63) is 47.5 Å². The molecule has 4 amide bonds. The molecule has 33 heavy (non-hydrogen) atoms. The zero-order valence-electron chi connectivity index (χ0n) is 18.7. The summed E-state index contributed by atoms with van der Waals surface area (Å²) in [5.41, 5.74) is 13.8. The number of benzene rings is 2. The lowest BCUT2D eigenvalue weighted by Crippen LogP contribution is -2.20. The number of hydrogen-bond acceptors (Lipinski definition) is 6. The standard InChI is InChI=1S/C21H26N6O2S4/c1-26(2)20(30)32-16-10-12(5-7-14(16)24-18(22)28)9-13-6-8-15(25-19(23)29)17(11-13)33-21(31)27(3)4/h5-8,10-11H,9H2,1-4H3,(H3,22,24,28)(H3,23,25,29). The number of carbonyl (C=O) groups is 2. The van der Waals surface area contributed by atoms with Crippen molar-refractivity contribution in [3.8, 4) is 0 Å². The van der Waals surface area contributed by atoms with Crippen LogP contribution in [0.15, 0.2) is 46.2 Å². The van der Waals surface area contributed by atoms with Crippen LogP contribution in [0.4, 0.5) is 21.0 Å². The summed E-state index contributed by atoms with van der Waals surface area (Å²) in [4.78, 5) is 28.0. The van der Waals surface area contributed by atoms with E-state index in [4.69, 9.17) is 35.9 Å². The Morgan fingerprint density at radius 2 is 1.15 bits per heavy atom. The molecule has 0 aliphatic rings. The number of thiocarbonyl (C=S) groups is 2. The van der Waals surface area contributed by atoms with Gasteiger partial charge in [-0.3, -0.25) is 0 Å². The summed E-state index contributed by atoms with van der Waals surface area (Å²) in [5.74, 6) is 0. The lowest BCUT2D eigenvalue weighted by Gasteiger charge is -2.17. The summed E-state index contributed by atoms with van der Waals surface area (Å²) < 4.78 is 1.30. The van der Waals surface area contributed by atoms with Crippen LogP contribution >= 0.6 is 48.0 Å². The average Bonchev–Trinajstić information content (AvgIpc) is 2.71. The molecule has 0 saturated carbocycles. The third kappa shape index (κ3) is 8.39. The fraction of sp³-hybridized carbons (Fsp3) is 0.238. The van der Waals surface area contributed by atoms with Gasteiger partial charge in [-0.15, -0.1) is 0 Å². The number of nitrogens with two attached hydrogens (primary N) is 2. The van der Waals surface area contributed by atoms with E-state index >= 15 is 0 Å². The van der Waals surface area contributed by atoms with Crippen LogP contribution < -0.4 is 22.1 Å². The third-order valence-electron chi connectivity index (χ3n) is 4.14. The van der Waals surface area contributed by atoms with Gasteiger partial charge in [0.15, 0.2) is 0 Å². The molecule has 0 radical (unpaired) electrons. The lowest BCUT2D eigenvalue weighted by molar-refractivity contribution is 0.258. The normalized spacial score (nSPS) is 10.3. The fourth-order valence-electron chi connectivity index (χ4n) is 2.60. The lowest BCUT2D eigenvalue weighted by atomic mass is 10.0. The Kier molecular flexibility index (Phi) is 9.77. The zero-order chi connectivity index (χ0) is 24.7. The maximum Gasteiger partial charge on any atom is 0.316 e. The number of rotatable bonds is 6. The highest BCUT2D eigenvalue weighted by Gasteiger charge is 2.13. The number of primary amides is 2. The van der Waals surface area contributed by atoms with Crippen LogP contribution in [0, 0.1) is 0 Å². The quantitative estimate of drug-likeness (QED) is 0.330. The van der Waals surface area contributed by atoms with Gasteiger partial charge in [-0.1, -0.05) is 60.1 Å². The van der Waals surface area contributed by atoms with Crippen LogP contribution in [0.5, 0.6) is 0 Å². The summed E-state index contributed by atoms with van der Waals surface area (Å²) in [5, 5.41) is 5.28. The zero-order valence-corrected chi connectivity index (χ0v) is 21.9. The van der Waals surface area contributed by atoms with Gasteiger partial charge in [-0.05, 0) is 41.8 Å². The van der Waals surface area contributed by atoms with Gasteiger partial charge in [0.1, 0.15) is 8.64 Å². The molecule has 12 heteroatoms. The number of carbonyl (C=O) groups excluding carboxylic acids is 2. The number of nitrogens with one attached hydrogen (secondary N) is 2. The molecule has 0 atom stereocenters. The van der Waals surface area contributed by atoms with E-state index in [1.165, 1.54) is 23.5 Å². The number of nitrogens with zero attached hydrogens (tertiary/aromatic N) is 2. The first kappa shape index (κ1) is 26.7. The van der Waals surface area contributed by atoms with Crippen molar-refractivity contribution in [1.82, 2.24) is 9.80 Å². The smallest absolute Gasteiger partial charge is 0.316 e. The molecule has 176 valence electrons. The van der Waals surface area contributed by atoms with Gasteiger partial charge in [-0.2, -0.15) is 0 Å². The van der Waals surface area contributed by atoms with E-state index in [0.717, 1.165) is 20.9 Å². The maximum absolute atomic E-state index is 11.4. The van der Waals surface area contributed by atoms with Crippen LogP contribution in [0.25, 0.3) is 0 Å². The number of hydrogen-bond donors (Lipinski definition) is 4. The minimum atomic E-state index is -0.642. The Labute approximate surface area is 212 Å². The molecule has 2 rings (SSSR count). The number of anilines is 2. The fourth-order valence-corrected chi connectivity index (χ4v) is 4.76. The van der Waals surface area contributed by atoms with Crippen LogP contribution in [-0.2, 0) is 6.42 Å². The summed E-state index contributed by atoms with van der Waals surface area (Å²) in [6.45, 7) is 0. The summed E-state index contributed by atoms with van der Waals surface area (Å²) in [7, 11) is 7.44. The van der Waals surface area contributed by atoms with Gasteiger partial charge in [-0.25, -0.2) is 9.59 Å². The monoisotopic (exact) mass is 522 g/mol. The van der Waals surface area contributed by atoms with Gasteiger partial charge in [0, 0.05) is 38.0 Å². The maximum atomic E-state index is 11.4. The largest absolute Gasteiger partial charge is 0.363 e. The molecule has 0 fully saturated rings. The average molecular weight is 523 g/mol. The third-order valence-corrected chi connectivity index (χ3v) is 7.57. The predicted octanol–water partition coefficient (Wildman–Crippen LogP) is 4.14. The van der Waals surface area contributed by atoms with Crippen molar-refractivity contribution in [2.75, 3.05) is 38.8 Å². The van der Waals surface area contributed by atoms with E-state index in [2.05, 4.69) is 10.6 Å². The molecule has 0 unspecified atom stereocenters. The first-order valence-electron chi connectivity index (χ1n) is 9.63. The Morgan fingerprint density at radius 3 is 1.45 bits per heavy atom. The second-order valence-corrected chi connectivity index (χ2v) is 10.7. The molecular weight excluding hydrogens is 497 g/mol. The highest BCUT2D eigenvalue weighted by atomic mass is 32.2. The second kappa shape index (κ2) is 12.1. The molecule has 0 bridgehead atoms. The first-order valence-corrected chi connectivity index (χ1v) is 12.1. The van der Waals surface area contributed by atoms with Gasteiger partial charge in [0.05, 0.1) is 11.4 Å². The first-order chi connectivity index (χ1) is 15.5. The summed E-state index contributed by atoms with van der Waals surface area (Å²) >= 11 is 13.6. The van der Waals surface area contributed by atoms with Gasteiger partial charge >= 0.3 is 12.1 Å². The van der Waals surface area contributed by atoms with Crippen molar-refractivity contribution in [3.63, 3.8) is 0 Å². The Hall–Kier alpha value is -2.54. The molecule has 2 aromatic rings. The number of amides is 4. The number of urea groups is 2. The molecule has 0 heterocycles. The predicted molar refractivity (Wildman–Crippen MR) is 146 cm³/mol. The second-order valence-electron chi connectivity index (χ2n) is 7.34. The molecule has 8 nitrogen and oxygen atoms in total. The van der Waals surface area contributed by atoms with Crippen molar-refractivity contribution >= 4 is 80.0 Å². The minimum Gasteiger partial charge on any atom is -0.363 e. The highest BCUT2D eigenvalue weighted by molar-refractivity contribution is 8.23. The van der Waals surface area contributed by atoms with Gasteiger partial charge < -0.3 is 31.9 Å². The van der Waals surface area contributed by atoms with E-state index in [-0.39, 0.29) is 0 Å². The molecule has 2 aromatic carbocycles. The van der Waals surface area contributed by atoms with E-state index in [1.54, 1.807) is 12.1 Å². The summed E-state index contributed by atoms with van der Waals surface area (Å²) in [6, 6.07) is 10.1. The van der Waals surface area contributed by atoms with Crippen molar-refractivity contribution < 1.29 is 9.59 Å². The molecular formula is C21H26N6O2S4. The van der Waals surface area contributed by atoms with E-state index in [9.17, 15) is 9.59 Å². The number of thioether (sulfide) groups is 2. The highest BCUT2D eigenvalue weighted by Crippen LogP contribution is 2.33. The van der Waals surface area contributed by atoms with Crippen molar-refractivity contribution in [2.45, 2.75) is 16.2 Å². The molecule has 0 aliphatic carbocycles. The van der Waals surface area contributed by atoms with E-state index in [1.807, 2.05) is 62.3 Å².